The number of sulfone groups is 1. The molecule has 1 N–H and O–H groups in total. The van der Waals surface area contributed by atoms with Gasteiger partial charge in [-0.1, -0.05) is 12.1 Å². The van der Waals surface area contributed by atoms with Crippen molar-refractivity contribution in [2.75, 3.05) is 31.0 Å². The zero-order valence-corrected chi connectivity index (χ0v) is 17.6. The summed E-state index contributed by atoms with van der Waals surface area (Å²) in [4.78, 5) is 24.7. The minimum Gasteiger partial charge on any atom is -0.497 e. The molecule has 0 aliphatic heterocycles. The van der Waals surface area contributed by atoms with E-state index in [1.807, 2.05) is 12.1 Å². The van der Waals surface area contributed by atoms with Crippen LogP contribution >= 0.6 is 11.3 Å². The molecule has 0 atom stereocenters. The van der Waals surface area contributed by atoms with Gasteiger partial charge in [-0.2, -0.15) is 0 Å². The maximum Gasteiger partial charge on any atom is 0.341 e. The van der Waals surface area contributed by atoms with Crippen LogP contribution in [0.5, 0.6) is 5.75 Å². The number of benzene rings is 1. The van der Waals surface area contributed by atoms with E-state index in [0.29, 0.717) is 16.3 Å². The molecule has 152 valence electrons. The molecule has 0 spiro atoms. The number of anilines is 1. The molecular formula is C19H23NO6S2. The molecule has 7 nitrogen and oxygen atoms in total. The molecule has 0 unspecified atom stereocenters. The fraction of sp³-hybridized carbons (Fsp3) is 0.368. The minimum atomic E-state index is -3.12. The van der Waals surface area contributed by atoms with Crippen molar-refractivity contribution in [1.82, 2.24) is 0 Å². The summed E-state index contributed by atoms with van der Waals surface area (Å²) in [6.07, 6.45) is 1.39. The lowest BCUT2D eigenvalue weighted by molar-refractivity contribution is -0.116. The molecule has 0 radical (unpaired) electrons. The Morgan fingerprint density at radius 3 is 2.43 bits per heavy atom. The van der Waals surface area contributed by atoms with Crippen molar-refractivity contribution in [1.29, 1.82) is 0 Å². The van der Waals surface area contributed by atoms with Crippen LogP contribution in [0.4, 0.5) is 5.00 Å². The van der Waals surface area contributed by atoms with Gasteiger partial charge in [0, 0.05) is 23.6 Å². The smallest absolute Gasteiger partial charge is 0.341 e. The molecule has 0 aliphatic rings. The predicted octanol–water partition coefficient (Wildman–Crippen LogP) is 3.36. The summed E-state index contributed by atoms with van der Waals surface area (Å²) >= 11 is 1.22. The van der Waals surface area contributed by atoms with Crippen LogP contribution in [0.3, 0.4) is 0 Å². The minimum absolute atomic E-state index is 0.0467. The van der Waals surface area contributed by atoms with E-state index in [0.717, 1.165) is 11.8 Å². The molecule has 2 rings (SSSR count). The lowest BCUT2D eigenvalue weighted by Gasteiger charge is -2.09. The molecule has 2 aromatic rings. The Kier molecular flexibility index (Phi) is 7.59. The number of hydrogen-bond donors (Lipinski definition) is 1. The van der Waals surface area contributed by atoms with Crippen LogP contribution in [0.2, 0.25) is 0 Å². The fourth-order valence-corrected chi connectivity index (χ4v) is 4.17. The molecule has 0 fully saturated rings. The van der Waals surface area contributed by atoms with Gasteiger partial charge in [0.15, 0.2) is 0 Å². The summed E-state index contributed by atoms with van der Waals surface area (Å²) in [5.41, 5.74) is 1.73. The lowest BCUT2D eigenvalue weighted by atomic mass is 10.0. The van der Waals surface area contributed by atoms with Crippen molar-refractivity contribution in [3.8, 4) is 16.9 Å². The van der Waals surface area contributed by atoms with E-state index in [4.69, 9.17) is 9.47 Å². The molecule has 0 saturated heterocycles. The van der Waals surface area contributed by atoms with E-state index in [9.17, 15) is 18.0 Å². The first-order chi connectivity index (χ1) is 13.2. The Labute approximate surface area is 168 Å². The van der Waals surface area contributed by atoms with E-state index >= 15 is 0 Å². The number of hydrogen-bond acceptors (Lipinski definition) is 7. The number of thiophene rings is 1. The maximum absolute atomic E-state index is 12.5. The van der Waals surface area contributed by atoms with Crippen LogP contribution in [0, 0.1) is 0 Å². The zero-order chi connectivity index (χ0) is 20.7. The van der Waals surface area contributed by atoms with Gasteiger partial charge in [0.2, 0.25) is 5.91 Å². The van der Waals surface area contributed by atoms with Crippen molar-refractivity contribution in [3.05, 3.63) is 35.2 Å². The largest absolute Gasteiger partial charge is 0.497 e. The van der Waals surface area contributed by atoms with Gasteiger partial charge in [0.05, 0.1) is 19.5 Å². The number of ether oxygens (including phenoxy) is 2. The number of rotatable bonds is 9. The average molecular weight is 426 g/mol. The molecule has 0 bridgehead atoms. The highest BCUT2D eigenvalue weighted by Crippen LogP contribution is 2.37. The Balaban J connectivity index is 2.25. The monoisotopic (exact) mass is 425 g/mol. The second-order valence-electron chi connectivity index (χ2n) is 6.08. The molecule has 1 aromatic carbocycles. The van der Waals surface area contributed by atoms with Gasteiger partial charge in [-0.25, -0.2) is 13.2 Å². The molecule has 1 heterocycles. The molecule has 9 heteroatoms. The summed E-state index contributed by atoms with van der Waals surface area (Å²) < 4.78 is 32.7. The highest BCUT2D eigenvalue weighted by atomic mass is 32.2. The Hall–Kier alpha value is -2.39. The number of methoxy groups -OCH3 is 1. The van der Waals surface area contributed by atoms with Gasteiger partial charge in [-0.05, 0) is 31.0 Å². The molecule has 1 aromatic heterocycles. The van der Waals surface area contributed by atoms with Crippen LogP contribution in [-0.4, -0.2) is 46.0 Å². The van der Waals surface area contributed by atoms with Gasteiger partial charge in [-0.15, -0.1) is 11.3 Å². The quantitative estimate of drug-likeness (QED) is 0.619. The highest BCUT2D eigenvalue weighted by Gasteiger charge is 2.23. The average Bonchev–Trinajstić information content (AvgIpc) is 3.04. The molecule has 1 amide bonds. The van der Waals surface area contributed by atoms with Crippen molar-refractivity contribution in [2.24, 2.45) is 0 Å². The summed E-state index contributed by atoms with van der Waals surface area (Å²) in [7, 11) is -1.55. The normalized spacial score (nSPS) is 11.1. The molecule has 0 aliphatic carbocycles. The van der Waals surface area contributed by atoms with Crippen molar-refractivity contribution >= 4 is 38.1 Å². The summed E-state index contributed by atoms with van der Waals surface area (Å²) in [6, 6.07) is 7.21. The standard InChI is InChI=1S/C19H23NO6S2/c1-4-26-19(22)17-15(13-7-9-14(25-2)10-8-13)12-27-18(17)20-16(21)6-5-11-28(3,23)24/h7-10,12H,4-6,11H2,1-3H3,(H,20,21). The fourth-order valence-electron chi connectivity index (χ4n) is 2.52. The number of esters is 1. The van der Waals surface area contributed by atoms with Crippen LogP contribution in [0.15, 0.2) is 29.6 Å². The Morgan fingerprint density at radius 2 is 1.86 bits per heavy atom. The van der Waals surface area contributed by atoms with Crippen LogP contribution < -0.4 is 10.1 Å². The SMILES string of the molecule is CCOC(=O)c1c(-c2ccc(OC)cc2)csc1NC(=O)CCCS(C)(=O)=O. The first kappa shape index (κ1) is 21.9. The van der Waals surface area contributed by atoms with Crippen molar-refractivity contribution in [2.45, 2.75) is 19.8 Å². The summed E-state index contributed by atoms with van der Waals surface area (Å²) in [5, 5.41) is 4.87. The Morgan fingerprint density at radius 1 is 1.18 bits per heavy atom. The second-order valence-corrected chi connectivity index (χ2v) is 9.22. The highest BCUT2D eigenvalue weighted by molar-refractivity contribution is 7.90. The van der Waals surface area contributed by atoms with E-state index in [1.54, 1.807) is 31.5 Å². The third-order valence-corrected chi connectivity index (χ3v) is 5.77. The van der Waals surface area contributed by atoms with Crippen LogP contribution in [0.1, 0.15) is 30.1 Å². The third kappa shape index (κ3) is 6.07. The molecule has 0 saturated carbocycles. The van der Waals surface area contributed by atoms with Crippen molar-refractivity contribution in [3.63, 3.8) is 0 Å². The number of carbonyl (C=O) groups excluding carboxylic acids is 2. The van der Waals surface area contributed by atoms with Gasteiger partial charge in [-0.3, -0.25) is 4.79 Å². The van der Waals surface area contributed by atoms with Crippen molar-refractivity contribution < 1.29 is 27.5 Å². The van der Waals surface area contributed by atoms with E-state index < -0.39 is 15.8 Å². The lowest BCUT2D eigenvalue weighted by Crippen LogP contribution is -2.15. The summed E-state index contributed by atoms with van der Waals surface area (Å²) in [5.74, 6) is -0.249. The number of carbonyl (C=O) groups is 2. The van der Waals surface area contributed by atoms with Gasteiger partial charge >= 0.3 is 5.97 Å². The molecular weight excluding hydrogens is 402 g/mol. The first-order valence-electron chi connectivity index (χ1n) is 8.65. The summed E-state index contributed by atoms with van der Waals surface area (Å²) in [6.45, 7) is 1.92. The maximum atomic E-state index is 12.5. The predicted molar refractivity (Wildman–Crippen MR) is 110 cm³/mol. The van der Waals surface area contributed by atoms with Crippen LogP contribution in [0.25, 0.3) is 11.1 Å². The third-order valence-electron chi connectivity index (χ3n) is 3.84. The van der Waals surface area contributed by atoms with Gasteiger partial charge < -0.3 is 14.8 Å². The number of nitrogens with one attached hydrogen (secondary N) is 1. The van der Waals surface area contributed by atoms with Gasteiger partial charge in [0.25, 0.3) is 0 Å². The molecule has 28 heavy (non-hydrogen) atoms. The number of amides is 1. The van der Waals surface area contributed by atoms with Crippen LogP contribution in [-0.2, 0) is 19.4 Å². The van der Waals surface area contributed by atoms with E-state index in [1.165, 1.54) is 11.3 Å². The first-order valence-corrected chi connectivity index (χ1v) is 11.6. The van der Waals surface area contributed by atoms with Gasteiger partial charge in [0.1, 0.15) is 26.2 Å². The second kappa shape index (κ2) is 9.70. The zero-order valence-electron chi connectivity index (χ0n) is 16.0. The van der Waals surface area contributed by atoms with E-state index in [2.05, 4.69) is 5.32 Å². The van der Waals surface area contributed by atoms with E-state index in [-0.39, 0.29) is 36.7 Å². The topological polar surface area (TPSA) is 98.8 Å². The Bertz CT molecular complexity index is 932.